The van der Waals surface area contributed by atoms with Crippen LogP contribution in [0, 0.1) is 5.92 Å². The molecule has 1 aromatic rings. The first-order chi connectivity index (χ1) is 9.11. The molecule has 1 aliphatic rings. The number of hydrogen-bond acceptors (Lipinski definition) is 4. The monoisotopic (exact) mass is 301 g/mol. The van der Waals surface area contributed by atoms with Crippen molar-refractivity contribution in [3.05, 3.63) is 12.4 Å². The normalized spacial score (nSPS) is 19.6. The highest BCUT2D eigenvalue weighted by atomic mass is 35.5. The SMILES string of the molecule is CNC(C)CNC(=O)C1CC(=O)N(c2cn[nH]c2)C1.Cl. The fourth-order valence-corrected chi connectivity index (χ4v) is 2.02. The van der Waals surface area contributed by atoms with E-state index in [-0.39, 0.29) is 42.6 Å². The first kappa shape index (κ1) is 16.5. The average molecular weight is 302 g/mol. The van der Waals surface area contributed by atoms with Gasteiger partial charge in [0.15, 0.2) is 0 Å². The van der Waals surface area contributed by atoms with E-state index >= 15 is 0 Å². The average Bonchev–Trinajstić information content (AvgIpc) is 3.04. The minimum atomic E-state index is -0.286. The third kappa shape index (κ3) is 3.71. The standard InChI is InChI=1S/C12H19N5O2.ClH/c1-8(13-2)4-14-12(19)9-3-11(18)17(7-9)10-5-15-16-6-10;/h5-6,8-9,13H,3-4,7H2,1-2H3,(H,14,19)(H,15,16);1H. The van der Waals surface area contributed by atoms with Gasteiger partial charge in [0, 0.05) is 31.7 Å². The molecule has 8 heteroatoms. The van der Waals surface area contributed by atoms with Gasteiger partial charge in [-0.25, -0.2) is 0 Å². The number of carbonyl (C=O) groups excluding carboxylic acids is 2. The van der Waals surface area contributed by atoms with E-state index in [0.717, 1.165) is 0 Å². The predicted octanol–water partition coefficient (Wildman–Crippen LogP) is -0.0915. The molecule has 1 aromatic heterocycles. The Balaban J connectivity index is 0.00000200. The smallest absolute Gasteiger partial charge is 0.227 e. The van der Waals surface area contributed by atoms with Crippen molar-refractivity contribution in [3.8, 4) is 0 Å². The highest BCUT2D eigenvalue weighted by molar-refractivity contribution is 6.00. The number of amides is 2. The predicted molar refractivity (Wildman–Crippen MR) is 77.8 cm³/mol. The Bertz CT molecular complexity index is 451. The molecular weight excluding hydrogens is 282 g/mol. The van der Waals surface area contributed by atoms with Gasteiger partial charge in [0.1, 0.15) is 0 Å². The van der Waals surface area contributed by atoms with E-state index in [1.807, 2.05) is 14.0 Å². The lowest BCUT2D eigenvalue weighted by molar-refractivity contribution is -0.126. The summed E-state index contributed by atoms with van der Waals surface area (Å²) in [7, 11) is 1.84. The number of anilines is 1. The highest BCUT2D eigenvalue weighted by Crippen LogP contribution is 2.23. The summed E-state index contributed by atoms with van der Waals surface area (Å²) in [4.78, 5) is 25.5. The zero-order valence-electron chi connectivity index (χ0n) is 11.5. The molecule has 1 aliphatic heterocycles. The fourth-order valence-electron chi connectivity index (χ4n) is 2.02. The largest absolute Gasteiger partial charge is 0.354 e. The van der Waals surface area contributed by atoms with Gasteiger partial charge in [0.25, 0.3) is 0 Å². The quantitative estimate of drug-likeness (QED) is 0.709. The molecule has 0 aromatic carbocycles. The Kier molecular flexibility index (Phi) is 5.97. The van der Waals surface area contributed by atoms with Gasteiger partial charge < -0.3 is 15.5 Å². The van der Waals surface area contributed by atoms with Gasteiger partial charge in [-0.2, -0.15) is 5.10 Å². The lowest BCUT2D eigenvalue weighted by Gasteiger charge is -2.15. The maximum absolute atomic E-state index is 12.0. The molecule has 1 fully saturated rings. The van der Waals surface area contributed by atoms with Crippen molar-refractivity contribution in [3.63, 3.8) is 0 Å². The van der Waals surface area contributed by atoms with Crippen LogP contribution in [0.2, 0.25) is 0 Å². The molecule has 3 N–H and O–H groups in total. The van der Waals surface area contributed by atoms with Crippen LogP contribution in [0.15, 0.2) is 12.4 Å². The van der Waals surface area contributed by atoms with E-state index in [9.17, 15) is 9.59 Å². The van der Waals surface area contributed by atoms with Gasteiger partial charge >= 0.3 is 0 Å². The third-order valence-electron chi connectivity index (χ3n) is 3.37. The molecule has 2 rings (SSSR count). The van der Waals surface area contributed by atoms with E-state index in [4.69, 9.17) is 0 Å². The van der Waals surface area contributed by atoms with E-state index in [0.29, 0.717) is 18.8 Å². The maximum atomic E-state index is 12.0. The molecule has 0 radical (unpaired) electrons. The summed E-state index contributed by atoms with van der Waals surface area (Å²) in [5.41, 5.74) is 0.712. The number of aromatic amines is 1. The zero-order valence-corrected chi connectivity index (χ0v) is 12.4. The van der Waals surface area contributed by atoms with E-state index in [1.54, 1.807) is 17.3 Å². The molecule has 0 aliphatic carbocycles. The molecule has 0 spiro atoms. The number of carbonyl (C=O) groups is 2. The number of likely N-dealkylation sites (N-methyl/N-ethyl adjacent to an activating group) is 1. The summed E-state index contributed by atoms with van der Waals surface area (Å²) >= 11 is 0. The summed E-state index contributed by atoms with van der Waals surface area (Å²) in [5.74, 6) is -0.392. The number of aromatic nitrogens is 2. The first-order valence-electron chi connectivity index (χ1n) is 6.36. The molecule has 2 unspecified atom stereocenters. The van der Waals surface area contributed by atoms with Crippen molar-refractivity contribution in [2.75, 3.05) is 25.0 Å². The second-order valence-electron chi connectivity index (χ2n) is 4.80. The Morgan fingerprint density at radius 3 is 3.00 bits per heavy atom. The van der Waals surface area contributed by atoms with Crippen LogP contribution in [0.5, 0.6) is 0 Å². The van der Waals surface area contributed by atoms with Crippen molar-refractivity contribution in [2.45, 2.75) is 19.4 Å². The van der Waals surface area contributed by atoms with Gasteiger partial charge in [-0.05, 0) is 14.0 Å². The molecule has 2 amide bonds. The Labute approximate surface area is 123 Å². The van der Waals surface area contributed by atoms with Crippen LogP contribution in [0.25, 0.3) is 0 Å². The van der Waals surface area contributed by atoms with E-state index < -0.39 is 0 Å². The molecule has 1 saturated heterocycles. The van der Waals surface area contributed by atoms with Crippen molar-refractivity contribution in [1.29, 1.82) is 0 Å². The van der Waals surface area contributed by atoms with Crippen LogP contribution in [0.1, 0.15) is 13.3 Å². The minimum absolute atomic E-state index is 0. The zero-order chi connectivity index (χ0) is 13.8. The van der Waals surface area contributed by atoms with Crippen molar-refractivity contribution in [1.82, 2.24) is 20.8 Å². The molecule has 2 atom stereocenters. The van der Waals surface area contributed by atoms with Crippen molar-refractivity contribution >= 4 is 29.9 Å². The maximum Gasteiger partial charge on any atom is 0.227 e. The summed E-state index contributed by atoms with van der Waals surface area (Å²) in [6, 6.07) is 0.214. The molecule has 20 heavy (non-hydrogen) atoms. The van der Waals surface area contributed by atoms with E-state index in [1.165, 1.54) is 0 Å². The highest BCUT2D eigenvalue weighted by Gasteiger charge is 2.35. The number of rotatable bonds is 5. The van der Waals surface area contributed by atoms with Crippen LogP contribution in [0.3, 0.4) is 0 Å². The topological polar surface area (TPSA) is 90.1 Å². The van der Waals surface area contributed by atoms with Crippen molar-refractivity contribution in [2.24, 2.45) is 5.92 Å². The molecule has 0 saturated carbocycles. The number of halogens is 1. The second kappa shape index (κ2) is 7.25. The third-order valence-corrected chi connectivity index (χ3v) is 3.37. The lowest BCUT2D eigenvalue weighted by atomic mass is 10.1. The first-order valence-corrected chi connectivity index (χ1v) is 6.36. The number of nitrogens with one attached hydrogen (secondary N) is 3. The van der Waals surface area contributed by atoms with Crippen LogP contribution in [0.4, 0.5) is 5.69 Å². The number of nitrogens with zero attached hydrogens (tertiary/aromatic N) is 2. The van der Waals surface area contributed by atoms with Gasteiger partial charge in [-0.3, -0.25) is 14.7 Å². The summed E-state index contributed by atoms with van der Waals surface area (Å²) in [6.45, 7) is 2.96. The molecule has 2 heterocycles. The Morgan fingerprint density at radius 1 is 1.65 bits per heavy atom. The van der Waals surface area contributed by atoms with Gasteiger partial charge in [0.05, 0.1) is 17.8 Å². The Morgan fingerprint density at radius 2 is 2.40 bits per heavy atom. The van der Waals surface area contributed by atoms with Crippen molar-refractivity contribution < 1.29 is 9.59 Å². The lowest BCUT2D eigenvalue weighted by Crippen LogP contribution is -2.40. The van der Waals surface area contributed by atoms with Crippen LogP contribution in [-0.4, -0.2) is 48.2 Å². The second-order valence-corrected chi connectivity index (χ2v) is 4.80. The number of H-pyrrole nitrogens is 1. The molecular formula is C12H20ClN5O2. The van der Waals surface area contributed by atoms with Gasteiger partial charge in [-0.1, -0.05) is 0 Å². The van der Waals surface area contributed by atoms with Crippen LogP contribution >= 0.6 is 12.4 Å². The van der Waals surface area contributed by atoms with E-state index in [2.05, 4.69) is 20.8 Å². The van der Waals surface area contributed by atoms with Crippen LogP contribution < -0.4 is 15.5 Å². The Hall–Kier alpha value is -1.60. The van der Waals surface area contributed by atoms with Gasteiger partial charge in [0.2, 0.25) is 11.8 Å². The minimum Gasteiger partial charge on any atom is -0.354 e. The summed E-state index contributed by atoms with van der Waals surface area (Å²) in [5, 5.41) is 12.4. The molecule has 112 valence electrons. The molecule has 0 bridgehead atoms. The summed E-state index contributed by atoms with van der Waals surface area (Å²) < 4.78 is 0. The van der Waals surface area contributed by atoms with Crippen LogP contribution in [-0.2, 0) is 9.59 Å². The summed E-state index contributed by atoms with van der Waals surface area (Å²) in [6.07, 6.45) is 3.49. The van der Waals surface area contributed by atoms with Gasteiger partial charge in [-0.15, -0.1) is 12.4 Å². The molecule has 7 nitrogen and oxygen atoms in total. The fraction of sp³-hybridized carbons (Fsp3) is 0.583. The number of hydrogen-bond donors (Lipinski definition) is 3.